The van der Waals surface area contributed by atoms with Crippen LogP contribution in [0.15, 0.2) is 47.1 Å². The average Bonchev–Trinajstić information content (AvgIpc) is 3.29. The number of benzene rings is 1. The van der Waals surface area contributed by atoms with Gasteiger partial charge in [-0.3, -0.25) is 4.79 Å². The van der Waals surface area contributed by atoms with Gasteiger partial charge in [0.25, 0.3) is 5.89 Å². The Bertz CT molecular complexity index is 1060. The van der Waals surface area contributed by atoms with Gasteiger partial charge in [-0.05, 0) is 49.4 Å². The van der Waals surface area contributed by atoms with E-state index in [0.717, 1.165) is 55.8 Å². The molecule has 1 N–H and O–H groups in total. The Morgan fingerprint density at radius 2 is 2.06 bits per heavy atom. The molecule has 4 rings (SSSR count). The molecule has 1 aliphatic heterocycles. The summed E-state index contributed by atoms with van der Waals surface area (Å²) < 4.78 is 5.56. The van der Waals surface area contributed by atoms with Gasteiger partial charge < -0.3 is 14.7 Å². The highest BCUT2D eigenvalue weighted by Crippen LogP contribution is 2.32. The zero-order valence-corrected chi connectivity index (χ0v) is 19.2. The van der Waals surface area contributed by atoms with Crippen LogP contribution in [0.25, 0.3) is 22.8 Å². The minimum absolute atomic E-state index is 0.0448. The fourth-order valence-electron chi connectivity index (χ4n) is 3.88. The van der Waals surface area contributed by atoms with Crippen LogP contribution in [0.1, 0.15) is 33.1 Å². The molecule has 32 heavy (non-hydrogen) atoms. The van der Waals surface area contributed by atoms with E-state index >= 15 is 0 Å². The maximum Gasteiger partial charge on any atom is 0.261 e. The van der Waals surface area contributed by atoms with Crippen molar-refractivity contribution in [2.24, 2.45) is 11.8 Å². The van der Waals surface area contributed by atoms with Crippen LogP contribution in [0, 0.1) is 11.8 Å². The molecule has 3 heterocycles. The van der Waals surface area contributed by atoms with Crippen molar-refractivity contribution in [3.63, 3.8) is 0 Å². The van der Waals surface area contributed by atoms with E-state index in [-0.39, 0.29) is 11.8 Å². The number of anilines is 1. The molecule has 1 aliphatic rings. The van der Waals surface area contributed by atoms with Crippen molar-refractivity contribution in [3.8, 4) is 22.8 Å². The van der Waals surface area contributed by atoms with Crippen LogP contribution in [0.2, 0.25) is 5.02 Å². The Kier molecular flexibility index (Phi) is 7.05. The van der Waals surface area contributed by atoms with Gasteiger partial charge in [-0.2, -0.15) is 4.98 Å². The van der Waals surface area contributed by atoms with Gasteiger partial charge in [-0.15, -0.1) is 0 Å². The SMILES string of the molecule is CC(C)CCNC(=O)C1CCN(c2ncccc2-c2nc(-c3cccc(Cl)c3)no2)CC1. The molecule has 8 heteroatoms. The molecule has 7 nitrogen and oxygen atoms in total. The van der Waals surface area contributed by atoms with E-state index in [4.69, 9.17) is 16.1 Å². The van der Waals surface area contributed by atoms with Gasteiger partial charge in [0, 0.05) is 42.3 Å². The summed E-state index contributed by atoms with van der Waals surface area (Å²) in [4.78, 5) is 23.8. The second-order valence-electron chi connectivity index (χ2n) is 8.54. The van der Waals surface area contributed by atoms with Crippen molar-refractivity contribution in [1.82, 2.24) is 20.4 Å². The summed E-state index contributed by atoms with van der Waals surface area (Å²) in [5, 5.41) is 7.82. The lowest BCUT2D eigenvalue weighted by atomic mass is 9.95. The van der Waals surface area contributed by atoms with Crippen molar-refractivity contribution in [3.05, 3.63) is 47.6 Å². The summed E-state index contributed by atoms with van der Waals surface area (Å²) in [5.41, 5.74) is 1.58. The molecule has 0 bridgehead atoms. The molecule has 1 amide bonds. The van der Waals surface area contributed by atoms with Gasteiger partial charge in [-0.25, -0.2) is 4.98 Å². The standard InChI is InChI=1S/C24H28ClN5O2/c1-16(2)8-12-27-23(31)17-9-13-30(14-10-17)22-20(7-4-11-26-22)24-28-21(29-32-24)18-5-3-6-19(25)15-18/h3-7,11,15-17H,8-10,12-14H2,1-2H3,(H,27,31). The number of nitrogens with zero attached hydrogens (tertiary/aromatic N) is 4. The molecule has 0 unspecified atom stereocenters. The summed E-state index contributed by atoms with van der Waals surface area (Å²) in [6, 6.07) is 11.1. The zero-order chi connectivity index (χ0) is 22.5. The molecule has 1 aromatic carbocycles. The first-order valence-electron chi connectivity index (χ1n) is 11.1. The molecule has 0 atom stereocenters. The van der Waals surface area contributed by atoms with Gasteiger partial charge in [0.05, 0.1) is 5.56 Å². The third-order valence-electron chi connectivity index (χ3n) is 5.71. The number of carbonyl (C=O) groups is 1. The predicted octanol–water partition coefficient (Wildman–Crippen LogP) is 4.83. The van der Waals surface area contributed by atoms with Crippen LogP contribution in [-0.4, -0.2) is 40.7 Å². The number of carbonyl (C=O) groups excluding carboxylic acids is 1. The van der Waals surface area contributed by atoms with Crippen LogP contribution in [0.3, 0.4) is 0 Å². The van der Waals surface area contributed by atoms with Crippen molar-refractivity contribution >= 4 is 23.3 Å². The number of amides is 1. The lowest BCUT2D eigenvalue weighted by molar-refractivity contribution is -0.125. The number of nitrogens with one attached hydrogen (secondary N) is 1. The highest BCUT2D eigenvalue weighted by molar-refractivity contribution is 6.30. The first-order chi connectivity index (χ1) is 15.5. The van der Waals surface area contributed by atoms with Crippen molar-refractivity contribution in [2.75, 3.05) is 24.5 Å². The Morgan fingerprint density at radius 3 is 2.81 bits per heavy atom. The summed E-state index contributed by atoms with van der Waals surface area (Å²) in [7, 11) is 0. The topological polar surface area (TPSA) is 84.2 Å². The Morgan fingerprint density at radius 1 is 1.25 bits per heavy atom. The summed E-state index contributed by atoms with van der Waals surface area (Å²) in [5.74, 6) is 2.49. The van der Waals surface area contributed by atoms with Crippen LogP contribution in [-0.2, 0) is 4.79 Å². The number of hydrogen-bond donors (Lipinski definition) is 1. The highest BCUT2D eigenvalue weighted by Gasteiger charge is 2.27. The zero-order valence-electron chi connectivity index (χ0n) is 18.4. The fraction of sp³-hybridized carbons (Fsp3) is 0.417. The lowest BCUT2D eigenvalue weighted by Crippen LogP contribution is -2.41. The van der Waals surface area contributed by atoms with E-state index in [1.54, 1.807) is 18.3 Å². The molecule has 0 saturated carbocycles. The maximum absolute atomic E-state index is 12.5. The van der Waals surface area contributed by atoms with E-state index in [2.05, 4.69) is 39.2 Å². The predicted molar refractivity (Wildman–Crippen MR) is 125 cm³/mol. The molecule has 0 aliphatic carbocycles. The summed E-state index contributed by atoms with van der Waals surface area (Å²) in [6.45, 7) is 6.57. The van der Waals surface area contributed by atoms with Gasteiger partial charge in [-0.1, -0.05) is 42.7 Å². The summed E-state index contributed by atoms with van der Waals surface area (Å²) >= 11 is 6.09. The molecule has 3 aromatic rings. The Labute approximate surface area is 193 Å². The van der Waals surface area contributed by atoms with Gasteiger partial charge in [0.15, 0.2) is 0 Å². The third kappa shape index (κ3) is 5.27. The van der Waals surface area contributed by atoms with E-state index in [0.29, 0.717) is 22.7 Å². The maximum atomic E-state index is 12.5. The van der Waals surface area contributed by atoms with Crippen LogP contribution in [0.5, 0.6) is 0 Å². The molecular formula is C24H28ClN5O2. The fourth-order valence-corrected chi connectivity index (χ4v) is 4.07. The number of pyridine rings is 1. The number of halogens is 1. The number of piperidine rings is 1. The number of hydrogen-bond acceptors (Lipinski definition) is 6. The van der Waals surface area contributed by atoms with Crippen LogP contribution < -0.4 is 10.2 Å². The highest BCUT2D eigenvalue weighted by atomic mass is 35.5. The van der Waals surface area contributed by atoms with E-state index in [1.165, 1.54) is 0 Å². The average molecular weight is 454 g/mol. The molecule has 1 fully saturated rings. The smallest absolute Gasteiger partial charge is 0.261 e. The van der Waals surface area contributed by atoms with Gasteiger partial charge in [0.2, 0.25) is 11.7 Å². The Balaban J connectivity index is 1.44. The second-order valence-corrected chi connectivity index (χ2v) is 8.98. The minimum Gasteiger partial charge on any atom is -0.356 e. The molecule has 168 valence electrons. The first kappa shape index (κ1) is 22.3. The lowest BCUT2D eigenvalue weighted by Gasteiger charge is -2.32. The van der Waals surface area contributed by atoms with Gasteiger partial charge >= 0.3 is 0 Å². The molecule has 0 radical (unpaired) electrons. The van der Waals surface area contributed by atoms with E-state index < -0.39 is 0 Å². The molecule has 2 aromatic heterocycles. The van der Waals surface area contributed by atoms with Gasteiger partial charge in [0.1, 0.15) is 5.82 Å². The quantitative estimate of drug-likeness (QED) is 0.551. The second kappa shape index (κ2) is 10.1. The minimum atomic E-state index is 0.0448. The molecule has 0 spiro atoms. The van der Waals surface area contributed by atoms with Crippen molar-refractivity contribution in [2.45, 2.75) is 33.1 Å². The van der Waals surface area contributed by atoms with E-state index in [9.17, 15) is 4.79 Å². The van der Waals surface area contributed by atoms with Crippen molar-refractivity contribution in [1.29, 1.82) is 0 Å². The largest absolute Gasteiger partial charge is 0.356 e. The monoisotopic (exact) mass is 453 g/mol. The number of aromatic nitrogens is 3. The van der Waals surface area contributed by atoms with Crippen LogP contribution in [0.4, 0.5) is 5.82 Å². The number of rotatable bonds is 7. The Hall–Kier alpha value is -2.93. The molecule has 1 saturated heterocycles. The third-order valence-corrected chi connectivity index (χ3v) is 5.95. The normalized spacial score (nSPS) is 14.7. The molecular weight excluding hydrogens is 426 g/mol. The van der Waals surface area contributed by atoms with E-state index in [1.807, 2.05) is 24.3 Å². The first-order valence-corrected chi connectivity index (χ1v) is 11.5. The van der Waals surface area contributed by atoms with Crippen LogP contribution >= 0.6 is 11.6 Å². The van der Waals surface area contributed by atoms with Crippen molar-refractivity contribution < 1.29 is 9.32 Å². The summed E-state index contributed by atoms with van der Waals surface area (Å²) in [6.07, 6.45) is 4.35.